The minimum Gasteiger partial charge on any atom is -0.481 e. The van der Waals surface area contributed by atoms with Crippen molar-refractivity contribution in [1.29, 1.82) is 0 Å². The Hall–Kier alpha value is -3.35. The zero-order chi connectivity index (χ0) is 25.0. The van der Waals surface area contributed by atoms with Crippen LogP contribution < -0.4 is 10.6 Å². The quantitative estimate of drug-likeness (QED) is 0.510. The highest BCUT2D eigenvalue weighted by molar-refractivity contribution is 5.83. The Morgan fingerprint density at radius 2 is 1.66 bits per heavy atom. The van der Waals surface area contributed by atoms with Crippen LogP contribution in [0.15, 0.2) is 48.5 Å². The summed E-state index contributed by atoms with van der Waals surface area (Å²) in [5.74, 6) is -1.42. The van der Waals surface area contributed by atoms with Crippen LogP contribution in [0.2, 0.25) is 0 Å². The monoisotopic (exact) mass is 478 g/mol. The molecule has 0 aromatic heterocycles. The summed E-state index contributed by atoms with van der Waals surface area (Å²) in [4.78, 5) is 37.0. The summed E-state index contributed by atoms with van der Waals surface area (Å²) < 4.78 is 5.60. The number of fused-ring (bicyclic) bond motifs is 3. The van der Waals surface area contributed by atoms with Gasteiger partial charge in [0.2, 0.25) is 5.91 Å². The third-order valence-corrected chi connectivity index (χ3v) is 7.65. The van der Waals surface area contributed by atoms with Gasteiger partial charge in [0.15, 0.2) is 0 Å². The number of amides is 2. The number of carboxylic acids is 1. The smallest absolute Gasteiger partial charge is 0.407 e. The van der Waals surface area contributed by atoms with Crippen LogP contribution in [0.1, 0.15) is 63.0 Å². The molecule has 186 valence electrons. The van der Waals surface area contributed by atoms with Crippen molar-refractivity contribution >= 4 is 18.0 Å². The second-order valence-electron chi connectivity index (χ2n) is 9.97. The predicted molar refractivity (Wildman–Crippen MR) is 133 cm³/mol. The molecule has 2 aromatic rings. The Balaban J connectivity index is 1.32. The molecule has 7 nitrogen and oxygen atoms in total. The highest BCUT2D eigenvalue weighted by Gasteiger charge is 2.36. The van der Waals surface area contributed by atoms with E-state index in [4.69, 9.17) is 4.74 Å². The van der Waals surface area contributed by atoms with Crippen LogP contribution in [0.4, 0.5) is 4.79 Å². The average Bonchev–Trinajstić information content (AvgIpc) is 3.19. The second kappa shape index (κ2) is 10.5. The van der Waals surface area contributed by atoms with Crippen molar-refractivity contribution in [1.82, 2.24) is 10.6 Å². The minimum atomic E-state index is -0.818. The summed E-state index contributed by atoms with van der Waals surface area (Å²) in [6.07, 6.45) is 2.62. The standard InChI is InChI=1S/C28H34N2O5/c1-3-28(2,26(33)30-19-10-8-9-18(15-19)25(31)32)17-29-27(34)35-16-24-22-13-6-4-11-20(22)21-12-5-7-14-23(21)24/h4-7,11-14,18-19,24H,3,8-10,15-17H2,1-2H3,(H,29,34)(H,30,33)(H,31,32)/t18-,19-,28?/m1/s1. The molecule has 7 heteroatoms. The van der Waals surface area contributed by atoms with Crippen molar-refractivity contribution < 1.29 is 24.2 Å². The first kappa shape index (κ1) is 24.8. The molecule has 0 bridgehead atoms. The first-order valence-corrected chi connectivity index (χ1v) is 12.4. The zero-order valence-electron chi connectivity index (χ0n) is 20.4. The van der Waals surface area contributed by atoms with Crippen LogP contribution in [0.25, 0.3) is 11.1 Å². The van der Waals surface area contributed by atoms with Gasteiger partial charge in [0.1, 0.15) is 6.61 Å². The average molecular weight is 479 g/mol. The Bertz CT molecular complexity index is 1050. The first-order valence-electron chi connectivity index (χ1n) is 12.4. The normalized spacial score (nSPS) is 20.7. The molecule has 0 heterocycles. The Morgan fingerprint density at radius 1 is 1.03 bits per heavy atom. The maximum absolute atomic E-state index is 13.0. The van der Waals surface area contributed by atoms with Crippen LogP contribution in [0.5, 0.6) is 0 Å². The number of hydrogen-bond donors (Lipinski definition) is 3. The van der Waals surface area contributed by atoms with Gasteiger partial charge in [-0.15, -0.1) is 0 Å². The second-order valence-corrected chi connectivity index (χ2v) is 9.97. The van der Waals surface area contributed by atoms with Gasteiger partial charge in [-0.2, -0.15) is 0 Å². The van der Waals surface area contributed by atoms with Crippen molar-refractivity contribution in [2.24, 2.45) is 11.3 Å². The molecule has 3 N–H and O–H groups in total. The van der Waals surface area contributed by atoms with E-state index in [1.807, 2.05) is 38.1 Å². The molecule has 1 saturated carbocycles. The van der Waals surface area contributed by atoms with Crippen LogP contribution in [-0.4, -0.2) is 42.3 Å². The highest BCUT2D eigenvalue weighted by atomic mass is 16.5. The van der Waals surface area contributed by atoms with Gasteiger partial charge in [-0.25, -0.2) is 4.79 Å². The van der Waals surface area contributed by atoms with Gasteiger partial charge < -0.3 is 20.5 Å². The molecular formula is C28H34N2O5. The fourth-order valence-electron chi connectivity index (χ4n) is 5.19. The number of carbonyl (C=O) groups is 3. The van der Waals surface area contributed by atoms with Crippen LogP contribution in [-0.2, 0) is 14.3 Å². The van der Waals surface area contributed by atoms with Gasteiger partial charge in [0.05, 0.1) is 11.3 Å². The van der Waals surface area contributed by atoms with E-state index in [0.717, 1.165) is 24.0 Å². The van der Waals surface area contributed by atoms with Crippen LogP contribution >= 0.6 is 0 Å². The van der Waals surface area contributed by atoms with Crippen molar-refractivity contribution in [3.05, 3.63) is 59.7 Å². The lowest BCUT2D eigenvalue weighted by molar-refractivity contribution is -0.143. The van der Waals surface area contributed by atoms with E-state index >= 15 is 0 Å². The molecule has 3 atom stereocenters. The molecule has 4 rings (SSSR count). The number of ether oxygens (including phenoxy) is 1. The van der Waals surface area contributed by atoms with Crippen molar-refractivity contribution in [3.63, 3.8) is 0 Å². The lowest BCUT2D eigenvalue weighted by atomic mass is 9.83. The largest absolute Gasteiger partial charge is 0.481 e. The summed E-state index contributed by atoms with van der Waals surface area (Å²) in [6, 6.07) is 16.2. The Kier molecular flexibility index (Phi) is 7.43. The topological polar surface area (TPSA) is 105 Å². The van der Waals surface area contributed by atoms with Crippen molar-refractivity contribution in [2.45, 2.75) is 57.9 Å². The third-order valence-electron chi connectivity index (χ3n) is 7.65. The molecule has 2 aliphatic rings. The third kappa shape index (κ3) is 5.34. The number of carboxylic acid groups (broad SMARTS) is 1. The molecule has 1 unspecified atom stereocenters. The van der Waals surface area contributed by atoms with Gasteiger partial charge in [-0.1, -0.05) is 61.9 Å². The highest BCUT2D eigenvalue weighted by Crippen LogP contribution is 2.44. The van der Waals surface area contributed by atoms with Gasteiger partial charge in [-0.3, -0.25) is 9.59 Å². The summed E-state index contributed by atoms with van der Waals surface area (Å²) in [6.45, 7) is 4.07. The number of rotatable bonds is 8. The minimum absolute atomic E-state index is 0.0255. The molecule has 0 aliphatic heterocycles. The predicted octanol–water partition coefficient (Wildman–Crippen LogP) is 4.70. The Morgan fingerprint density at radius 3 is 2.26 bits per heavy atom. The van der Waals surface area contributed by atoms with Gasteiger partial charge in [0.25, 0.3) is 0 Å². The van der Waals surface area contributed by atoms with E-state index in [-0.39, 0.29) is 31.0 Å². The lowest BCUT2D eigenvalue weighted by Gasteiger charge is -2.33. The molecule has 2 aliphatic carbocycles. The van der Waals surface area contributed by atoms with E-state index in [1.54, 1.807) is 0 Å². The number of carbonyl (C=O) groups excluding carboxylic acids is 2. The van der Waals surface area contributed by atoms with Crippen molar-refractivity contribution in [3.8, 4) is 11.1 Å². The van der Waals surface area contributed by atoms with Crippen LogP contribution in [0, 0.1) is 11.3 Å². The molecule has 35 heavy (non-hydrogen) atoms. The molecular weight excluding hydrogens is 444 g/mol. The first-order chi connectivity index (χ1) is 16.8. The molecule has 0 spiro atoms. The summed E-state index contributed by atoms with van der Waals surface area (Å²) in [7, 11) is 0. The van der Waals surface area contributed by atoms with Gasteiger partial charge in [0, 0.05) is 18.5 Å². The summed E-state index contributed by atoms with van der Waals surface area (Å²) in [5, 5.41) is 15.1. The van der Waals surface area contributed by atoms with E-state index in [2.05, 4.69) is 34.9 Å². The molecule has 0 saturated heterocycles. The molecule has 2 amide bonds. The summed E-state index contributed by atoms with van der Waals surface area (Å²) >= 11 is 0. The van der Waals surface area contributed by atoms with E-state index in [1.165, 1.54) is 11.1 Å². The maximum atomic E-state index is 13.0. The molecule has 1 fully saturated rings. The fourth-order valence-corrected chi connectivity index (χ4v) is 5.19. The number of alkyl carbamates (subject to hydrolysis) is 1. The number of benzene rings is 2. The van der Waals surface area contributed by atoms with Gasteiger partial charge in [-0.05, 0) is 54.9 Å². The molecule has 0 radical (unpaired) electrons. The number of nitrogens with one attached hydrogen (secondary N) is 2. The van der Waals surface area contributed by atoms with Crippen molar-refractivity contribution in [2.75, 3.05) is 13.2 Å². The number of hydrogen-bond acceptors (Lipinski definition) is 4. The van der Waals surface area contributed by atoms with E-state index in [9.17, 15) is 19.5 Å². The van der Waals surface area contributed by atoms with Gasteiger partial charge >= 0.3 is 12.1 Å². The van der Waals surface area contributed by atoms with Crippen LogP contribution in [0.3, 0.4) is 0 Å². The summed E-state index contributed by atoms with van der Waals surface area (Å²) in [5.41, 5.74) is 3.81. The fraction of sp³-hybridized carbons (Fsp3) is 0.464. The molecule has 2 aromatic carbocycles. The zero-order valence-corrected chi connectivity index (χ0v) is 20.4. The van der Waals surface area contributed by atoms with E-state index in [0.29, 0.717) is 19.3 Å². The lowest BCUT2D eigenvalue weighted by Crippen LogP contribution is -2.50. The maximum Gasteiger partial charge on any atom is 0.407 e. The SMILES string of the molecule is CCC(C)(CNC(=O)OCC1c2ccccc2-c2ccccc21)C(=O)N[C@@H]1CCC[C@@H](C(=O)O)C1. The Labute approximate surface area is 206 Å². The number of aliphatic carboxylic acids is 1. The van der Waals surface area contributed by atoms with E-state index < -0.39 is 23.4 Å².